The Hall–Kier alpha value is -1.14. The minimum Gasteiger partial charge on any atom is -0.381 e. The number of primary amides is 1. The zero-order valence-electron chi connectivity index (χ0n) is 10.4. The maximum atomic E-state index is 11.4. The van der Waals surface area contributed by atoms with E-state index in [9.17, 15) is 9.59 Å². The number of carbonyl (C=O) groups excluding carboxylic acids is 2. The molecule has 1 saturated heterocycles. The van der Waals surface area contributed by atoms with Gasteiger partial charge in [0.25, 0.3) is 0 Å². The van der Waals surface area contributed by atoms with E-state index in [4.69, 9.17) is 10.5 Å². The van der Waals surface area contributed by atoms with Gasteiger partial charge in [-0.25, -0.2) is 4.79 Å². The summed E-state index contributed by atoms with van der Waals surface area (Å²) in [7, 11) is 0. The number of imide groups is 1. The Kier molecular flexibility index (Phi) is 4.89. The number of nitrogens with two attached hydrogens (primary N) is 1. The van der Waals surface area contributed by atoms with Crippen LogP contribution in [0.25, 0.3) is 0 Å². The maximum Gasteiger partial charge on any atom is 0.318 e. The van der Waals surface area contributed by atoms with E-state index in [1.54, 1.807) is 6.92 Å². The molecule has 1 unspecified atom stereocenters. The van der Waals surface area contributed by atoms with Crippen molar-refractivity contribution in [2.75, 3.05) is 19.8 Å². The van der Waals surface area contributed by atoms with Gasteiger partial charge in [-0.3, -0.25) is 10.1 Å². The van der Waals surface area contributed by atoms with Crippen molar-refractivity contribution in [1.29, 1.82) is 0 Å². The predicted octanol–water partition coefficient (Wildman–Crippen LogP) is -0.0239. The van der Waals surface area contributed by atoms with Crippen LogP contribution in [0.3, 0.4) is 0 Å². The molecular weight excluding hydrogens is 222 g/mol. The Morgan fingerprint density at radius 1 is 1.41 bits per heavy atom. The molecule has 6 nitrogen and oxygen atoms in total. The summed E-state index contributed by atoms with van der Waals surface area (Å²) in [5.41, 5.74) is 5.03. The fourth-order valence-electron chi connectivity index (χ4n) is 1.76. The van der Waals surface area contributed by atoms with Crippen molar-refractivity contribution >= 4 is 11.9 Å². The first kappa shape index (κ1) is 13.9. The van der Waals surface area contributed by atoms with Crippen LogP contribution in [-0.4, -0.2) is 37.7 Å². The third kappa shape index (κ3) is 4.70. The van der Waals surface area contributed by atoms with E-state index in [1.165, 1.54) is 0 Å². The Morgan fingerprint density at radius 2 is 2.00 bits per heavy atom. The van der Waals surface area contributed by atoms with Crippen LogP contribution in [0.1, 0.15) is 26.7 Å². The molecule has 4 N–H and O–H groups in total. The number of amides is 3. The first-order valence-corrected chi connectivity index (χ1v) is 5.84. The zero-order valence-corrected chi connectivity index (χ0v) is 10.4. The van der Waals surface area contributed by atoms with Gasteiger partial charge in [0, 0.05) is 19.8 Å². The van der Waals surface area contributed by atoms with Crippen molar-refractivity contribution < 1.29 is 14.3 Å². The molecular formula is C11H21N3O3. The number of carbonyl (C=O) groups is 2. The van der Waals surface area contributed by atoms with Gasteiger partial charge in [0.2, 0.25) is 5.91 Å². The smallest absolute Gasteiger partial charge is 0.318 e. The van der Waals surface area contributed by atoms with E-state index in [0.29, 0.717) is 0 Å². The van der Waals surface area contributed by atoms with E-state index in [0.717, 1.165) is 32.6 Å². The van der Waals surface area contributed by atoms with Crippen LogP contribution in [-0.2, 0) is 9.53 Å². The monoisotopic (exact) mass is 243 g/mol. The van der Waals surface area contributed by atoms with Gasteiger partial charge in [-0.05, 0) is 25.2 Å². The average molecular weight is 243 g/mol. The first-order valence-electron chi connectivity index (χ1n) is 5.84. The summed E-state index contributed by atoms with van der Waals surface area (Å²) < 4.78 is 5.30. The van der Waals surface area contributed by atoms with E-state index in [-0.39, 0.29) is 5.41 Å². The van der Waals surface area contributed by atoms with Gasteiger partial charge in [0.15, 0.2) is 0 Å². The summed E-state index contributed by atoms with van der Waals surface area (Å²) in [5, 5.41) is 5.18. The molecule has 0 bridgehead atoms. The Labute approximate surface area is 101 Å². The van der Waals surface area contributed by atoms with Crippen molar-refractivity contribution in [2.45, 2.75) is 32.7 Å². The van der Waals surface area contributed by atoms with Gasteiger partial charge in [0.05, 0.1) is 6.04 Å². The van der Waals surface area contributed by atoms with E-state index in [1.807, 2.05) is 0 Å². The second-order valence-corrected chi connectivity index (χ2v) is 4.88. The lowest BCUT2D eigenvalue weighted by Crippen LogP contribution is -2.49. The van der Waals surface area contributed by atoms with Crippen LogP contribution < -0.4 is 16.4 Å². The van der Waals surface area contributed by atoms with Crippen molar-refractivity contribution in [1.82, 2.24) is 10.6 Å². The quantitative estimate of drug-likeness (QED) is 0.646. The Balaban J connectivity index is 2.33. The maximum absolute atomic E-state index is 11.4. The summed E-state index contributed by atoms with van der Waals surface area (Å²) in [6.07, 6.45) is 1.95. The summed E-state index contributed by atoms with van der Waals surface area (Å²) in [4.78, 5) is 22.0. The van der Waals surface area contributed by atoms with Crippen molar-refractivity contribution in [2.24, 2.45) is 11.1 Å². The molecule has 3 amide bonds. The lowest BCUT2D eigenvalue weighted by molar-refractivity contribution is -0.121. The van der Waals surface area contributed by atoms with E-state index >= 15 is 0 Å². The van der Waals surface area contributed by atoms with Gasteiger partial charge in [0.1, 0.15) is 0 Å². The highest BCUT2D eigenvalue weighted by atomic mass is 16.5. The Bertz CT molecular complexity index is 288. The largest absolute Gasteiger partial charge is 0.381 e. The van der Waals surface area contributed by atoms with Crippen LogP contribution in [0.5, 0.6) is 0 Å². The van der Waals surface area contributed by atoms with Gasteiger partial charge in [-0.15, -0.1) is 0 Å². The number of hydrogen-bond donors (Lipinski definition) is 3. The summed E-state index contributed by atoms with van der Waals surface area (Å²) >= 11 is 0. The number of ether oxygens (including phenoxy) is 1. The molecule has 1 fully saturated rings. The molecule has 0 saturated carbocycles. The van der Waals surface area contributed by atoms with Gasteiger partial charge >= 0.3 is 6.03 Å². The molecule has 0 radical (unpaired) electrons. The fourth-order valence-corrected chi connectivity index (χ4v) is 1.76. The Morgan fingerprint density at radius 3 is 2.53 bits per heavy atom. The number of hydrogen-bond acceptors (Lipinski definition) is 4. The standard InChI is InChI=1S/C11H21N3O3/c1-8(9(15)14-10(12)16)13-7-11(2)3-5-17-6-4-11/h8,13H,3-7H2,1-2H3,(H3,12,14,15,16). The SMILES string of the molecule is CC(NCC1(C)CCOCC1)C(=O)NC(N)=O. The third-order valence-corrected chi connectivity index (χ3v) is 3.17. The normalized spacial score (nSPS) is 20.6. The zero-order chi connectivity index (χ0) is 12.9. The molecule has 1 aliphatic heterocycles. The molecule has 0 aromatic carbocycles. The number of urea groups is 1. The molecule has 0 aliphatic carbocycles. The fraction of sp³-hybridized carbons (Fsp3) is 0.818. The molecule has 1 heterocycles. The highest BCUT2D eigenvalue weighted by molar-refractivity contribution is 5.96. The lowest BCUT2D eigenvalue weighted by atomic mass is 9.82. The highest BCUT2D eigenvalue weighted by Gasteiger charge is 2.28. The van der Waals surface area contributed by atoms with Crippen LogP contribution in [0.2, 0.25) is 0 Å². The van der Waals surface area contributed by atoms with Gasteiger partial charge < -0.3 is 15.8 Å². The minimum atomic E-state index is -0.819. The van der Waals surface area contributed by atoms with Gasteiger partial charge in [-0.2, -0.15) is 0 Å². The first-order chi connectivity index (χ1) is 7.93. The summed E-state index contributed by atoms with van der Waals surface area (Å²) in [6, 6.07) is -1.25. The second kappa shape index (κ2) is 5.97. The molecule has 1 aliphatic rings. The number of nitrogens with one attached hydrogen (secondary N) is 2. The van der Waals surface area contributed by atoms with Crippen LogP contribution >= 0.6 is 0 Å². The second-order valence-electron chi connectivity index (χ2n) is 4.88. The lowest BCUT2D eigenvalue weighted by Gasteiger charge is -2.34. The summed E-state index contributed by atoms with van der Waals surface area (Å²) in [5.74, 6) is -0.395. The van der Waals surface area contributed by atoms with Crippen molar-refractivity contribution in [3.8, 4) is 0 Å². The molecule has 17 heavy (non-hydrogen) atoms. The molecule has 1 atom stereocenters. The molecule has 98 valence electrons. The molecule has 6 heteroatoms. The number of rotatable bonds is 4. The molecule has 1 rings (SSSR count). The van der Waals surface area contributed by atoms with Crippen LogP contribution in [0, 0.1) is 5.41 Å². The average Bonchev–Trinajstić information content (AvgIpc) is 2.26. The van der Waals surface area contributed by atoms with Crippen molar-refractivity contribution in [3.05, 3.63) is 0 Å². The molecule has 0 aromatic heterocycles. The molecule has 0 spiro atoms. The topological polar surface area (TPSA) is 93.4 Å². The minimum absolute atomic E-state index is 0.152. The van der Waals surface area contributed by atoms with E-state index < -0.39 is 18.0 Å². The van der Waals surface area contributed by atoms with Crippen LogP contribution in [0.15, 0.2) is 0 Å². The third-order valence-electron chi connectivity index (χ3n) is 3.17. The predicted molar refractivity (Wildman–Crippen MR) is 63.4 cm³/mol. The van der Waals surface area contributed by atoms with Gasteiger partial charge in [-0.1, -0.05) is 6.92 Å². The van der Waals surface area contributed by atoms with Crippen LogP contribution in [0.4, 0.5) is 4.79 Å². The summed E-state index contributed by atoms with van der Waals surface area (Å²) in [6.45, 7) is 6.13. The highest BCUT2D eigenvalue weighted by Crippen LogP contribution is 2.28. The molecule has 0 aromatic rings. The van der Waals surface area contributed by atoms with Crippen molar-refractivity contribution in [3.63, 3.8) is 0 Å². The van der Waals surface area contributed by atoms with E-state index in [2.05, 4.69) is 17.6 Å².